The highest BCUT2D eigenvalue weighted by molar-refractivity contribution is 6.09. The lowest BCUT2D eigenvalue weighted by Crippen LogP contribution is -2.26. The predicted molar refractivity (Wildman–Crippen MR) is 65.3 cm³/mol. The third kappa shape index (κ3) is 2.05. The van der Waals surface area contributed by atoms with Crippen LogP contribution in [0, 0.1) is 0 Å². The van der Waals surface area contributed by atoms with E-state index in [1.54, 1.807) is 24.3 Å². The molecule has 1 aliphatic carbocycles. The number of Topliss-reactive ketones (excluding diaryl/α,β-unsaturated/α-hetero) is 1. The summed E-state index contributed by atoms with van der Waals surface area (Å²) >= 11 is 0. The molecule has 0 saturated carbocycles. The minimum Gasteiger partial charge on any atom is -0.507 e. The van der Waals surface area contributed by atoms with E-state index in [-0.39, 0.29) is 11.3 Å². The Labute approximate surface area is 99.0 Å². The minimum absolute atomic E-state index is 0.108. The Morgan fingerprint density at radius 2 is 1.82 bits per heavy atom. The predicted octanol–water partition coefficient (Wildman–Crippen LogP) is 2.01. The first kappa shape index (κ1) is 11.4. The second kappa shape index (κ2) is 4.39. The molecule has 86 valence electrons. The number of aliphatic hydroxyl groups excluding tert-OH is 2. The Morgan fingerprint density at radius 1 is 1.18 bits per heavy atom. The van der Waals surface area contributed by atoms with Crippen molar-refractivity contribution in [3.8, 4) is 0 Å². The summed E-state index contributed by atoms with van der Waals surface area (Å²) in [6, 6.07) is 8.73. The van der Waals surface area contributed by atoms with Crippen LogP contribution >= 0.6 is 0 Å². The fourth-order valence-corrected chi connectivity index (χ4v) is 1.63. The van der Waals surface area contributed by atoms with Crippen molar-refractivity contribution in [3.63, 3.8) is 0 Å². The highest BCUT2D eigenvalue weighted by Gasteiger charge is 2.26. The molecule has 0 heterocycles. The Hall–Kier alpha value is -2.13. The number of carbonyl (C=O) groups excluding carboxylic acids is 1. The van der Waals surface area contributed by atoms with Crippen LogP contribution in [0.3, 0.4) is 0 Å². The van der Waals surface area contributed by atoms with Crippen LogP contribution in [-0.2, 0) is 4.79 Å². The van der Waals surface area contributed by atoms with E-state index in [9.17, 15) is 15.0 Å². The molecule has 17 heavy (non-hydrogen) atoms. The molecule has 0 bridgehead atoms. The number of aliphatic hydroxyl groups is 2. The maximum atomic E-state index is 11.8. The zero-order chi connectivity index (χ0) is 12.4. The molecular formula is C14H12O3. The van der Waals surface area contributed by atoms with E-state index in [0.717, 1.165) is 0 Å². The van der Waals surface area contributed by atoms with Crippen molar-refractivity contribution in [2.24, 2.45) is 0 Å². The van der Waals surface area contributed by atoms with Crippen molar-refractivity contribution in [2.75, 3.05) is 0 Å². The average molecular weight is 228 g/mol. The lowest BCUT2D eigenvalue weighted by atomic mass is 9.92. The van der Waals surface area contributed by atoms with Crippen LogP contribution in [0.5, 0.6) is 0 Å². The lowest BCUT2D eigenvalue weighted by Gasteiger charge is -2.16. The van der Waals surface area contributed by atoms with E-state index in [4.69, 9.17) is 0 Å². The summed E-state index contributed by atoms with van der Waals surface area (Å²) in [5.74, 6) is -0.655. The van der Waals surface area contributed by atoms with Crippen molar-refractivity contribution in [1.82, 2.24) is 0 Å². The van der Waals surface area contributed by atoms with Gasteiger partial charge in [-0.2, -0.15) is 0 Å². The van der Waals surface area contributed by atoms with Crippen molar-refractivity contribution in [1.29, 1.82) is 0 Å². The molecule has 0 spiro atoms. The van der Waals surface area contributed by atoms with Gasteiger partial charge in [0.15, 0.2) is 5.78 Å². The van der Waals surface area contributed by atoms with Gasteiger partial charge in [0.1, 0.15) is 11.9 Å². The maximum Gasteiger partial charge on any atom is 0.199 e. The number of benzene rings is 1. The van der Waals surface area contributed by atoms with E-state index in [2.05, 4.69) is 6.58 Å². The van der Waals surface area contributed by atoms with Crippen LogP contribution in [0.15, 0.2) is 60.2 Å². The van der Waals surface area contributed by atoms with E-state index in [0.29, 0.717) is 11.1 Å². The molecule has 0 amide bonds. The Balaban J connectivity index is 2.49. The summed E-state index contributed by atoms with van der Waals surface area (Å²) in [4.78, 5) is 11.8. The van der Waals surface area contributed by atoms with Gasteiger partial charge in [-0.25, -0.2) is 0 Å². The topological polar surface area (TPSA) is 57.5 Å². The summed E-state index contributed by atoms with van der Waals surface area (Å²) in [6.45, 7) is 3.55. The molecule has 1 aromatic carbocycles. The van der Waals surface area contributed by atoms with Crippen molar-refractivity contribution >= 4 is 11.5 Å². The summed E-state index contributed by atoms with van der Waals surface area (Å²) < 4.78 is 0. The van der Waals surface area contributed by atoms with Gasteiger partial charge in [0.2, 0.25) is 0 Å². The zero-order valence-electron chi connectivity index (χ0n) is 9.13. The molecule has 3 nitrogen and oxygen atoms in total. The molecule has 1 aliphatic rings. The first-order chi connectivity index (χ1) is 8.11. The van der Waals surface area contributed by atoms with Crippen LogP contribution in [0.1, 0.15) is 5.56 Å². The third-order valence-electron chi connectivity index (χ3n) is 2.63. The molecule has 0 aromatic heterocycles. The van der Waals surface area contributed by atoms with Crippen LogP contribution in [0.4, 0.5) is 0 Å². The highest BCUT2D eigenvalue weighted by Crippen LogP contribution is 2.24. The molecule has 0 fully saturated rings. The Bertz CT molecular complexity index is 524. The smallest absolute Gasteiger partial charge is 0.199 e. The molecule has 1 atom stereocenters. The van der Waals surface area contributed by atoms with Gasteiger partial charge in [-0.3, -0.25) is 4.79 Å². The minimum atomic E-state index is -1.26. The van der Waals surface area contributed by atoms with Gasteiger partial charge in [0.05, 0.1) is 5.57 Å². The van der Waals surface area contributed by atoms with Gasteiger partial charge in [-0.05, 0) is 11.6 Å². The van der Waals surface area contributed by atoms with Crippen molar-refractivity contribution < 1.29 is 15.0 Å². The van der Waals surface area contributed by atoms with Gasteiger partial charge in [-0.1, -0.05) is 43.0 Å². The summed E-state index contributed by atoms with van der Waals surface area (Å²) in [5.41, 5.74) is 0.982. The molecule has 1 unspecified atom stereocenters. The van der Waals surface area contributed by atoms with Crippen molar-refractivity contribution in [3.05, 3.63) is 65.8 Å². The summed E-state index contributed by atoms with van der Waals surface area (Å²) in [5, 5.41) is 19.6. The Morgan fingerprint density at radius 3 is 2.47 bits per heavy atom. The number of ketones is 1. The van der Waals surface area contributed by atoms with Gasteiger partial charge in [0, 0.05) is 5.56 Å². The van der Waals surface area contributed by atoms with Gasteiger partial charge < -0.3 is 10.2 Å². The number of allylic oxidation sites excluding steroid dienone is 1. The lowest BCUT2D eigenvalue weighted by molar-refractivity contribution is -0.121. The first-order valence-electron chi connectivity index (χ1n) is 5.19. The molecule has 2 N–H and O–H groups in total. The van der Waals surface area contributed by atoms with Crippen LogP contribution in [-0.4, -0.2) is 22.1 Å². The zero-order valence-corrected chi connectivity index (χ0v) is 9.13. The first-order valence-corrected chi connectivity index (χ1v) is 5.19. The van der Waals surface area contributed by atoms with E-state index in [1.165, 1.54) is 12.2 Å². The third-order valence-corrected chi connectivity index (χ3v) is 2.63. The fourth-order valence-electron chi connectivity index (χ4n) is 1.63. The molecule has 0 aliphatic heterocycles. The Kier molecular flexibility index (Phi) is 2.93. The number of rotatable bonds is 1. The second-order valence-electron chi connectivity index (χ2n) is 3.80. The SMILES string of the molecule is C=C1C=C/C(=C(/O)c2ccccc2)C(=O)C1O. The normalized spacial score (nSPS) is 22.8. The highest BCUT2D eigenvalue weighted by atomic mass is 16.3. The van der Waals surface area contributed by atoms with E-state index < -0.39 is 11.9 Å². The summed E-state index contributed by atoms with van der Waals surface area (Å²) in [6.07, 6.45) is 1.74. The summed E-state index contributed by atoms with van der Waals surface area (Å²) in [7, 11) is 0. The van der Waals surface area contributed by atoms with Crippen LogP contribution < -0.4 is 0 Å². The molecule has 0 radical (unpaired) electrons. The van der Waals surface area contributed by atoms with Crippen LogP contribution in [0.2, 0.25) is 0 Å². The average Bonchev–Trinajstić information content (AvgIpc) is 2.36. The molecule has 1 aromatic rings. The van der Waals surface area contributed by atoms with Crippen LogP contribution in [0.25, 0.3) is 5.76 Å². The monoisotopic (exact) mass is 228 g/mol. The standard InChI is InChI=1S/C14H12O3/c1-9-7-8-11(14(17)12(9)15)13(16)10-5-3-2-4-6-10/h2-8,12,15-16H,1H2/b13-11-. The molecular weight excluding hydrogens is 216 g/mol. The maximum absolute atomic E-state index is 11.8. The molecule has 3 heteroatoms. The van der Waals surface area contributed by atoms with E-state index in [1.807, 2.05) is 6.07 Å². The second-order valence-corrected chi connectivity index (χ2v) is 3.80. The molecule has 2 rings (SSSR count). The number of hydrogen-bond acceptors (Lipinski definition) is 3. The quantitative estimate of drug-likeness (QED) is 0.571. The van der Waals surface area contributed by atoms with Gasteiger partial charge >= 0.3 is 0 Å². The van der Waals surface area contributed by atoms with Crippen molar-refractivity contribution in [2.45, 2.75) is 6.10 Å². The van der Waals surface area contributed by atoms with Gasteiger partial charge in [0.25, 0.3) is 0 Å². The van der Waals surface area contributed by atoms with Gasteiger partial charge in [-0.15, -0.1) is 0 Å². The van der Waals surface area contributed by atoms with E-state index >= 15 is 0 Å². The molecule has 0 saturated heterocycles. The number of carbonyl (C=O) groups is 1. The fraction of sp³-hybridized carbons (Fsp3) is 0.0714. The number of hydrogen-bond donors (Lipinski definition) is 2. The largest absolute Gasteiger partial charge is 0.507 e.